The van der Waals surface area contributed by atoms with E-state index in [-0.39, 0.29) is 0 Å². The first-order valence-electron chi connectivity index (χ1n) is 9.02. The molecule has 0 saturated carbocycles. The van der Waals surface area contributed by atoms with Crippen molar-refractivity contribution in [3.63, 3.8) is 0 Å². The maximum Gasteiger partial charge on any atom is 0.0659 e. The molecule has 0 aliphatic carbocycles. The molecule has 5 nitrogen and oxygen atoms in total. The minimum Gasteiger partial charge on any atom is -0.315 e. The maximum atomic E-state index is 4.64. The summed E-state index contributed by atoms with van der Waals surface area (Å²) in [4.78, 5) is 2.54. The van der Waals surface area contributed by atoms with Crippen LogP contribution >= 0.6 is 0 Å². The molecule has 2 aromatic rings. The molecule has 2 heterocycles. The molecular formula is C19H29N5. The van der Waals surface area contributed by atoms with Gasteiger partial charge in [0.2, 0.25) is 0 Å². The predicted molar refractivity (Wildman–Crippen MR) is 98.1 cm³/mol. The molecule has 0 unspecified atom stereocenters. The van der Waals surface area contributed by atoms with E-state index in [2.05, 4.69) is 58.0 Å². The highest BCUT2D eigenvalue weighted by atomic mass is 15.3. The molecule has 0 spiro atoms. The first kappa shape index (κ1) is 17.1. The van der Waals surface area contributed by atoms with Crippen molar-refractivity contribution in [3.8, 4) is 0 Å². The molecule has 2 N–H and O–H groups in total. The average Bonchev–Trinajstić information content (AvgIpc) is 2.78. The molecule has 0 radical (unpaired) electrons. The Balaban J connectivity index is 1.43. The fourth-order valence-corrected chi connectivity index (χ4v) is 3.17. The van der Waals surface area contributed by atoms with Crippen LogP contribution in [0.3, 0.4) is 0 Å². The summed E-state index contributed by atoms with van der Waals surface area (Å²) in [6, 6.07) is 10.5. The molecule has 0 atom stereocenters. The number of nitrogens with zero attached hydrogens (tertiary/aromatic N) is 3. The van der Waals surface area contributed by atoms with Gasteiger partial charge in [0.25, 0.3) is 0 Å². The fourth-order valence-electron chi connectivity index (χ4n) is 3.17. The second kappa shape index (κ2) is 8.97. The highest BCUT2D eigenvalue weighted by Gasteiger charge is 2.08. The number of aryl methyl sites for hydroxylation is 1. The van der Waals surface area contributed by atoms with Crippen molar-refractivity contribution >= 4 is 0 Å². The monoisotopic (exact) mass is 327 g/mol. The van der Waals surface area contributed by atoms with E-state index in [9.17, 15) is 0 Å². The summed E-state index contributed by atoms with van der Waals surface area (Å²) in [5, 5.41) is 11.7. The first-order valence-corrected chi connectivity index (χ1v) is 9.02. The number of hydrogen-bond donors (Lipinski definition) is 2. The van der Waals surface area contributed by atoms with Crippen LogP contribution < -0.4 is 10.6 Å². The third kappa shape index (κ3) is 5.16. The van der Waals surface area contributed by atoms with Gasteiger partial charge in [-0.05, 0) is 32.0 Å². The van der Waals surface area contributed by atoms with E-state index in [0.29, 0.717) is 0 Å². The second-order valence-corrected chi connectivity index (χ2v) is 6.54. The van der Waals surface area contributed by atoms with Crippen LogP contribution in [0, 0.1) is 6.92 Å². The van der Waals surface area contributed by atoms with Crippen molar-refractivity contribution in [1.29, 1.82) is 0 Å². The number of rotatable bonds is 7. The van der Waals surface area contributed by atoms with E-state index in [4.69, 9.17) is 0 Å². The van der Waals surface area contributed by atoms with Crippen molar-refractivity contribution < 1.29 is 0 Å². The summed E-state index contributed by atoms with van der Waals surface area (Å²) in [7, 11) is 0. The summed E-state index contributed by atoms with van der Waals surface area (Å²) < 4.78 is 2.04. The van der Waals surface area contributed by atoms with E-state index in [1.54, 1.807) is 0 Å². The van der Waals surface area contributed by atoms with E-state index < -0.39 is 0 Å². The van der Waals surface area contributed by atoms with Crippen molar-refractivity contribution in [2.24, 2.45) is 0 Å². The van der Waals surface area contributed by atoms with Gasteiger partial charge in [0.1, 0.15) is 0 Å². The van der Waals surface area contributed by atoms with E-state index in [1.165, 1.54) is 24.1 Å². The summed E-state index contributed by atoms with van der Waals surface area (Å²) in [6.45, 7) is 10.6. The number of benzene rings is 1. The van der Waals surface area contributed by atoms with Gasteiger partial charge < -0.3 is 15.5 Å². The van der Waals surface area contributed by atoms with Gasteiger partial charge in [-0.1, -0.05) is 30.3 Å². The Kier molecular flexibility index (Phi) is 6.41. The lowest BCUT2D eigenvalue weighted by molar-refractivity contribution is 0.291. The number of hydrogen-bond acceptors (Lipinski definition) is 4. The Hall–Kier alpha value is -1.69. The standard InChI is InChI=1S/C19H29N5/c1-17-19(14-21-10-13-23-11-5-8-20-9-12-23)16-24(22-17)15-18-6-3-2-4-7-18/h2-4,6-7,16,20-21H,5,8-15H2,1H3. The predicted octanol–water partition coefficient (Wildman–Crippen LogP) is 1.62. The van der Waals surface area contributed by atoms with Crippen molar-refractivity contribution in [1.82, 2.24) is 25.3 Å². The summed E-state index contributed by atoms with van der Waals surface area (Å²) >= 11 is 0. The highest BCUT2D eigenvalue weighted by Crippen LogP contribution is 2.08. The first-order chi connectivity index (χ1) is 11.8. The third-order valence-corrected chi connectivity index (χ3v) is 4.59. The van der Waals surface area contributed by atoms with Gasteiger partial charge in [-0.2, -0.15) is 5.10 Å². The van der Waals surface area contributed by atoms with Crippen molar-refractivity contribution in [3.05, 3.63) is 53.3 Å². The fraction of sp³-hybridized carbons (Fsp3) is 0.526. The molecule has 1 aromatic carbocycles. The molecular weight excluding hydrogens is 298 g/mol. The van der Waals surface area contributed by atoms with Crippen molar-refractivity contribution in [2.45, 2.75) is 26.4 Å². The molecule has 1 aliphatic heterocycles. The van der Waals surface area contributed by atoms with Crippen LogP contribution in [0.25, 0.3) is 0 Å². The lowest BCUT2D eigenvalue weighted by Crippen LogP contribution is -2.34. The van der Waals surface area contributed by atoms with Crippen LogP contribution in [-0.4, -0.2) is 53.9 Å². The Morgan fingerprint density at radius 2 is 2.04 bits per heavy atom. The van der Waals surface area contributed by atoms with Gasteiger partial charge in [0.15, 0.2) is 0 Å². The molecule has 130 valence electrons. The summed E-state index contributed by atoms with van der Waals surface area (Å²) in [5.41, 5.74) is 3.70. The minimum atomic E-state index is 0.836. The number of nitrogens with one attached hydrogen (secondary N) is 2. The Labute approximate surface area is 145 Å². The molecule has 1 fully saturated rings. The van der Waals surface area contributed by atoms with E-state index >= 15 is 0 Å². The summed E-state index contributed by atoms with van der Waals surface area (Å²) in [6.07, 6.45) is 3.43. The Morgan fingerprint density at radius 1 is 1.17 bits per heavy atom. The van der Waals surface area contributed by atoms with Gasteiger partial charge >= 0.3 is 0 Å². The van der Waals surface area contributed by atoms with Crippen LogP contribution in [0.4, 0.5) is 0 Å². The topological polar surface area (TPSA) is 45.1 Å². The zero-order valence-corrected chi connectivity index (χ0v) is 14.7. The highest BCUT2D eigenvalue weighted by molar-refractivity contribution is 5.18. The average molecular weight is 327 g/mol. The molecule has 0 amide bonds. The van der Waals surface area contributed by atoms with E-state index in [1.807, 2.05) is 10.7 Å². The van der Waals surface area contributed by atoms with Gasteiger partial charge in [-0.15, -0.1) is 0 Å². The SMILES string of the molecule is Cc1nn(Cc2ccccc2)cc1CNCCN1CCCNCC1. The van der Waals surface area contributed by atoms with Gasteiger partial charge in [-0.25, -0.2) is 0 Å². The smallest absolute Gasteiger partial charge is 0.0659 e. The molecule has 1 aromatic heterocycles. The molecule has 24 heavy (non-hydrogen) atoms. The molecule has 1 saturated heterocycles. The molecule has 3 rings (SSSR count). The molecule has 1 aliphatic rings. The van der Waals surface area contributed by atoms with Crippen LogP contribution in [0.5, 0.6) is 0 Å². The zero-order valence-electron chi connectivity index (χ0n) is 14.7. The van der Waals surface area contributed by atoms with Crippen LogP contribution in [-0.2, 0) is 13.1 Å². The second-order valence-electron chi connectivity index (χ2n) is 6.54. The molecule has 0 bridgehead atoms. The van der Waals surface area contributed by atoms with Crippen LogP contribution in [0.2, 0.25) is 0 Å². The van der Waals surface area contributed by atoms with Crippen LogP contribution in [0.15, 0.2) is 36.5 Å². The minimum absolute atomic E-state index is 0.836. The third-order valence-electron chi connectivity index (χ3n) is 4.59. The van der Waals surface area contributed by atoms with Gasteiger partial charge in [0, 0.05) is 44.5 Å². The normalized spacial score (nSPS) is 16.2. The van der Waals surface area contributed by atoms with Crippen LogP contribution in [0.1, 0.15) is 23.2 Å². The quantitative estimate of drug-likeness (QED) is 0.759. The lowest BCUT2D eigenvalue weighted by Gasteiger charge is -2.19. The molecule has 5 heteroatoms. The Morgan fingerprint density at radius 3 is 2.92 bits per heavy atom. The largest absolute Gasteiger partial charge is 0.315 e. The number of aromatic nitrogens is 2. The van der Waals surface area contributed by atoms with Crippen molar-refractivity contribution in [2.75, 3.05) is 39.3 Å². The zero-order chi connectivity index (χ0) is 16.6. The lowest BCUT2D eigenvalue weighted by atomic mass is 10.2. The van der Waals surface area contributed by atoms with Gasteiger partial charge in [-0.3, -0.25) is 4.68 Å². The summed E-state index contributed by atoms with van der Waals surface area (Å²) in [5.74, 6) is 0. The van der Waals surface area contributed by atoms with E-state index in [0.717, 1.165) is 51.5 Å². The van der Waals surface area contributed by atoms with Gasteiger partial charge in [0.05, 0.1) is 12.2 Å². The Bertz CT molecular complexity index is 599. The maximum absolute atomic E-state index is 4.64.